The highest BCUT2D eigenvalue weighted by molar-refractivity contribution is 7.15. The maximum absolute atomic E-state index is 12.8. The summed E-state index contributed by atoms with van der Waals surface area (Å²) >= 11 is 1.33. The molecule has 2 aromatic carbocycles. The van der Waals surface area contributed by atoms with Crippen LogP contribution in [0, 0.1) is 0 Å². The van der Waals surface area contributed by atoms with Gasteiger partial charge in [-0.25, -0.2) is 14.2 Å². The average molecular weight is 402 g/mol. The van der Waals surface area contributed by atoms with E-state index in [1.54, 1.807) is 34.7 Å². The highest BCUT2D eigenvalue weighted by atomic mass is 32.1. The zero-order chi connectivity index (χ0) is 20.0. The van der Waals surface area contributed by atoms with Gasteiger partial charge in [0.15, 0.2) is 4.96 Å². The van der Waals surface area contributed by atoms with Crippen LogP contribution in [0.2, 0.25) is 0 Å². The van der Waals surface area contributed by atoms with E-state index in [2.05, 4.69) is 4.98 Å². The van der Waals surface area contributed by atoms with Gasteiger partial charge in [-0.1, -0.05) is 35.6 Å². The Morgan fingerprint density at radius 2 is 1.90 bits per heavy atom. The summed E-state index contributed by atoms with van der Waals surface area (Å²) in [5.74, 6) is 0.832. The van der Waals surface area contributed by atoms with Gasteiger partial charge in [0, 0.05) is 11.6 Å². The van der Waals surface area contributed by atoms with Crippen LogP contribution in [-0.4, -0.2) is 22.5 Å². The molecule has 29 heavy (non-hydrogen) atoms. The summed E-state index contributed by atoms with van der Waals surface area (Å²) in [5, 5.41) is 0. The van der Waals surface area contributed by atoms with E-state index in [0.29, 0.717) is 26.6 Å². The number of ether oxygens (including phenoxy) is 1. The minimum Gasteiger partial charge on any atom is -0.465 e. The number of rotatable bonds is 3. The van der Waals surface area contributed by atoms with Crippen LogP contribution >= 0.6 is 11.3 Å². The van der Waals surface area contributed by atoms with E-state index in [9.17, 15) is 9.59 Å². The number of carbonyl (C=O) groups is 1. The highest BCUT2D eigenvalue weighted by Gasteiger charge is 2.12. The van der Waals surface area contributed by atoms with Crippen LogP contribution in [0.25, 0.3) is 33.4 Å². The van der Waals surface area contributed by atoms with Gasteiger partial charge in [0.25, 0.3) is 5.56 Å². The Morgan fingerprint density at radius 3 is 2.69 bits per heavy atom. The molecule has 0 atom stereocenters. The SMILES string of the molecule is COC(=O)c1ccc(-c2ccc(C=c3sc4nc5ccccc5n4c3=O)o2)cc1. The summed E-state index contributed by atoms with van der Waals surface area (Å²) in [4.78, 5) is 29.6. The predicted octanol–water partition coefficient (Wildman–Crippen LogP) is 3.50. The number of carbonyl (C=O) groups excluding carboxylic acids is 1. The number of benzene rings is 2. The van der Waals surface area contributed by atoms with Gasteiger partial charge in [-0.05, 0) is 36.4 Å². The average Bonchev–Trinajstić information content (AvgIpc) is 3.43. The Morgan fingerprint density at radius 1 is 1.10 bits per heavy atom. The van der Waals surface area contributed by atoms with Crippen LogP contribution in [0.1, 0.15) is 16.1 Å². The third-order valence-corrected chi connectivity index (χ3v) is 5.60. The lowest BCUT2D eigenvalue weighted by molar-refractivity contribution is 0.0600. The number of furan rings is 1. The molecule has 5 aromatic rings. The molecule has 0 N–H and O–H groups in total. The molecule has 0 amide bonds. The summed E-state index contributed by atoms with van der Waals surface area (Å²) < 4.78 is 12.8. The van der Waals surface area contributed by atoms with Crippen molar-refractivity contribution in [2.24, 2.45) is 0 Å². The van der Waals surface area contributed by atoms with Crippen LogP contribution in [-0.2, 0) is 4.74 Å². The predicted molar refractivity (Wildman–Crippen MR) is 111 cm³/mol. The molecule has 7 heteroatoms. The van der Waals surface area contributed by atoms with Gasteiger partial charge in [0.05, 0.1) is 23.7 Å². The van der Waals surface area contributed by atoms with E-state index in [1.165, 1.54) is 18.4 Å². The monoisotopic (exact) mass is 402 g/mol. The first kappa shape index (κ1) is 17.4. The minimum absolute atomic E-state index is 0.112. The van der Waals surface area contributed by atoms with E-state index in [4.69, 9.17) is 9.15 Å². The summed E-state index contributed by atoms with van der Waals surface area (Å²) in [7, 11) is 1.35. The summed E-state index contributed by atoms with van der Waals surface area (Å²) in [6.07, 6.45) is 1.72. The van der Waals surface area contributed by atoms with Gasteiger partial charge >= 0.3 is 5.97 Å². The lowest BCUT2D eigenvalue weighted by Crippen LogP contribution is -2.22. The number of methoxy groups -OCH3 is 1. The Bertz CT molecular complexity index is 1480. The molecule has 0 saturated carbocycles. The van der Waals surface area contributed by atoms with Crippen molar-refractivity contribution in [3.63, 3.8) is 0 Å². The fourth-order valence-corrected chi connectivity index (χ4v) is 4.18. The zero-order valence-electron chi connectivity index (χ0n) is 15.3. The number of fused-ring (bicyclic) bond motifs is 3. The number of esters is 1. The molecule has 0 aliphatic carbocycles. The van der Waals surface area contributed by atoms with Crippen molar-refractivity contribution in [1.82, 2.24) is 9.38 Å². The number of aromatic nitrogens is 2. The van der Waals surface area contributed by atoms with Gasteiger partial charge in [-0.15, -0.1) is 0 Å². The molecule has 0 saturated heterocycles. The fourth-order valence-electron chi connectivity index (χ4n) is 3.22. The number of imidazole rings is 1. The fraction of sp³-hybridized carbons (Fsp3) is 0.0455. The van der Waals surface area contributed by atoms with Gasteiger partial charge in [-0.3, -0.25) is 4.79 Å². The van der Waals surface area contributed by atoms with E-state index in [1.807, 2.05) is 36.4 Å². The molecule has 3 heterocycles. The van der Waals surface area contributed by atoms with E-state index >= 15 is 0 Å². The number of hydrogen-bond acceptors (Lipinski definition) is 6. The lowest BCUT2D eigenvalue weighted by Gasteiger charge is -2.00. The number of hydrogen-bond donors (Lipinski definition) is 0. The van der Waals surface area contributed by atoms with Crippen LogP contribution in [0.3, 0.4) is 0 Å². The Kier molecular flexibility index (Phi) is 4.03. The second kappa shape index (κ2) is 6.72. The summed E-state index contributed by atoms with van der Waals surface area (Å²) in [5.41, 5.74) is 2.79. The lowest BCUT2D eigenvalue weighted by atomic mass is 10.1. The number of nitrogens with zero attached hydrogens (tertiary/aromatic N) is 2. The van der Waals surface area contributed by atoms with E-state index < -0.39 is 0 Å². The van der Waals surface area contributed by atoms with Gasteiger partial charge in [0.2, 0.25) is 0 Å². The highest BCUT2D eigenvalue weighted by Crippen LogP contribution is 2.23. The Hall–Kier alpha value is -3.71. The van der Waals surface area contributed by atoms with Crippen molar-refractivity contribution >= 4 is 39.4 Å². The molecule has 6 nitrogen and oxygen atoms in total. The van der Waals surface area contributed by atoms with Crippen molar-refractivity contribution in [2.75, 3.05) is 7.11 Å². The van der Waals surface area contributed by atoms with Crippen LogP contribution < -0.4 is 10.1 Å². The topological polar surface area (TPSA) is 73.8 Å². The molecule has 3 aromatic heterocycles. The van der Waals surface area contributed by atoms with E-state index in [-0.39, 0.29) is 11.5 Å². The molecule has 0 aliphatic heterocycles. The molecule has 0 fully saturated rings. The zero-order valence-corrected chi connectivity index (χ0v) is 16.1. The smallest absolute Gasteiger partial charge is 0.337 e. The molecule has 5 rings (SSSR count). The van der Waals surface area contributed by atoms with Crippen LogP contribution in [0.5, 0.6) is 0 Å². The largest absolute Gasteiger partial charge is 0.465 e. The van der Waals surface area contributed by atoms with Crippen molar-refractivity contribution in [2.45, 2.75) is 0 Å². The van der Waals surface area contributed by atoms with Crippen molar-refractivity contribution in [3.8, 4) is 11.3 Å². The maximum atomic E-state index is 12.8. The van der Waals surface area contributed by atoms with E-state index in [0.717, 1.165) is 16.6 Å². The minimum atomic E-state index is -0.386. The van der Waals surface area contributed by atoms with Crippen LogP contribution in [0.15, 0.2) is 69.9 Å². The normalized spacial score (nSPS) is 12.1. The van der Waals surface area contributed by atoms with Crippen molar-refractivity contribution < 1.29 is 13.9 Å². The Balaban J connectivity index is 1.52. The van der Waals surface area contributed by atoms with Crippen molar-refractivity contribution in [1.29, 1.82) is 0 Å². The second-order valence-electron chi connectivity index (χ2n) is 6.41. The third kappa shape index (κ3) is 2.92. The molecule has 0 unspecified atom stereocenters. The third-order valence-electron chi connectivity index (χ3n) is 4.64. The molecule has 0 bridgehead atoms. The van der Waals surface area contributed by atoms with Gasteiger partial charge < -0.3 is 9.15 Å². The first-order valence-electron chi connectivity index (χ1n) is 8.84. The molecule has 142 valence electrons. The standard InChI is InChI=1S/C22H14N2O4S/c1-27-21(26)14-8-6-13(7-9-14)18-11-10-15(28-18)12-19-20(25)24-17-5-3-2-4-16(17)23-22(24)29-19/h2-12H,1H3. The summed E-state index contributed by atoms with van der Waals surface area (Å²) in [6, 6.07) is 18.2. The molecule has 0 spiro atoms. The molecule has 0 radical (unpaired) electrons. The number of para-hydroxylation sites is 2. The van der Waals surface area contributed by atoms with Gasteiger partial charge in [-0.2, -0.15) is 0 Å². The van der Waals surface area contributed by atoms with Gasteiger partial charge in [0.1, 0.15) is 16.1 Å². The number of thiazole rings is 1. The first-order valence-corrected chi connectivity index (χ1v) is 9.66. The van der Waals surface area contributed by atoms with Crippen LogP contribution in [0.4, 0.5) is 0 Å². The molecular formula is C22H14N2O4S. The first-order chi connectivity index (χ1) is 14.1. The molecular weight excluding hydrogens is 388 g/mol. The molecule has 0 aliphatic rings. The second-order valence-corrected chi connectivity index (χ2v) is 7.41. The Labute approximate surface area is 168 Å². The summed E-state index contributed by atoms with van der Waals surface area (Å²) in [6.45, 7) is 0. The maximum Gasteiger partial charge on any atom is 0.337 e. The quantitative estimate of drug-likeness (QED) is 0.432. The van der Waals surface area contributed by atoms with Crippen molar-refractivity contribution in [3.05, 3.63) is 86.9 Å².